The quantitative estimate of drug-likeness (QED) is 0.0301. The summed E-state index contributed by atoms with van der Waals surface area (Å²) < 4.78 is 8.19. The van der Waals surface area contributed by atoms with E-state index in [-0.39, 0.29) is 0 Å². The summed E-state index contributed by atoms with van der Waals surface area (Å²) in [5, 5.41) is 4.07. The van der Waals surface area contributed by atoms with Crippen LogP contribution in [-0.4, -0.2) is 29.9 Å². The first kappa shape index (κ1) is 65.4. The van der Waals surface area contributed by atoms with Crippen LogP contribution in [0.1, 0.15) is 267 Å². The average molecular weight is 1180 g/mol. The summed E-state index contributed by atoms with van der Waals surface area (Å²) in [6.07, 6.45) is 39.3. The number of hydrogen-bond acceptors (Lipinski definition) is 8. The molecule has 0 fully saturated rings. The molecule has 10 nitrogen and oxygen atoms in total. The van der Waals surface area contributed by atoms with Crippen molar-refractivity contribution in [3.05, 3.63) is 87.5 Å². The molecule has 2 N–H and O–H groups in total. The number of anilines is 1. The van der Waals surface area contributed by atoms with Crippen molar-refractivity contribution in [3.8, 4) is 45.6 Å². The molecule has 8 bridgehead atoms. The van der Waals surface area contributed by atoms with E-state index >= 15 is 0 Å². The zero-order valence-electron chi connectivity index (χ0n) is 53.4. The van der Waals surface area contributed by atoms with Crippen molar-refractivity contribution in [1.29, 1.82) is 0 Å². The van der Waals surface area contributed by atoms with Crippen molar-refractivity contribution in [1.82, 2.24) is 39.9 Å². The Morgan fingerprint density at radius 3 is 0.753 bits per heavy atom. The van der Waals surface area contributed by atoms with Crippen LogP contribution in [0.2, 0.25) is 0 Å². The van der Waals surface area contributed by atoms with Gasteiger partial charge in [-0.15, -0.1) is 0 Å². The fourth-order valence-corrected chi connectivity index (χ4v) is 13.3. The molecule has 0 spiro atoms. The number of unbranched alkanes of at least 4 members (excludes halogenated alkanes) is 21. The van der Waals surface area contributed by atoms with E-state index in [1.165, 1.54) is 167 Å². The predicted molar refractivity (Wildman–Crippen MR) is 354 cm³/mol. The van der Waals surface area contributed by atoms with Gasteiger partial charge in [0.1, 0.15) is 0 Å². The van der Waals surface area contributed by atoms with E-state index < -0.39 is 0 Å². The van der Waals surface area contributed by atoms with Gasteiger partial charge in [-0.2, -0.15) is 0 Å². The SMILES string of the molecule is CCCCCCc1ccc(CCCCCC)c2c1-c1nc-2nc2[n-]c(nc3nc(nc4[n-]c(n1)c1c(N)ccc(CCCCCC)c41)-c1c(CCCCCC)ccc(CCCCCC)c1-3)c1c(CCCCCC)ccc(CCCCCC)c21.[O]=[V+2]. The standard InChI is InChI=1S/C74H101N9.O.V/c1-8-15-22-29-36-51-43-44-52(37-30-23-16-9-2)60-59(51)67-76-68(60)78-70-63-55(40-33-26-19-12-5)47-48-56(41-34-27-20-13-6)64(63)72(80-70)82-74-66-58(75)50-49-57(42-35-28-21-14-7)65(66)73(83-74)81-71-62-54(39-32-25-18-11-4)46-45-53(38-31-24-17-10-3)61(62)69(77-67)79-71;;/h43-50H,8-42,75H2,1-7H3;;/q-2;;+2. The van der Waals surface area contributed by atoms with Crippen molar-refractivity contribution >= 4 is 49.8 Å². The summed E-state index contributed by atoms with van der Waals surface area (Å²) >= 11 is 1.06. The zero-order chi connectivity index (χ0) is 59.9. The molecule has 5 heterocycles. The van der Waals surface area contributed by atoms with Gasteiger partial charge in [0.25, 0.3) is 0 Å². The first-order valence-electron chi connectivity index (χ1n) is 34.1. The van der Waals surface area contributed by atoms with E-state index in [1.807, 2.05) is 0 Å². The molecule has 453 valence electrons. The molecule has 0 unspecified atom stereocenters. The summed E-state index contributed by atoms with van der Waals surface area (Å²) in [7, 11) is 0. The molecular weight excluding hydrogens is 1080 g/mol. The molecule has 7 aromatic rings. The van der Waals surface area contributed by atoms with Crippen LogP contribution in [0.25, 0.3) is 89.7 Å². The van der Waals surface area contributed by atoms with E-state index in [1.54, 1.807) is 0 Å². The van der Waals surface area contributed by atoms with Crippen LogP contribution in [0.4, 0.5) is 5.69 Å². The Kier molecular flexibility index (Phi) is 26.2. The van der Waals surface area contributed by atoms with E-state index in [0.717, 1.165) is 157 Å². The van der Waals surface area contributed by atoms with E-state index in [9.17, 15) is 0 Å². The van der Waals surface area contributed by atoms with Crippen molar-refractivity contribution in [2.75, 3.05) is 5.73 Å². The van der Waals surface area contributed by atoms with Gasteiger partial charge in [-0.05, 0) is 146 Å². The van der Waals surface area contributed by atoms with Crippen LogP contribution in [-0.2, 0) is 66.0 Å². The third-order valence-corrected chi connectivity index (χ3v) is 18.0. The van der Waals surface area contributed by atoms with Gasteiger partial charge in [0.2, 0.25) is 0 Å². The molecule has 2 aliphatic heterocycles. The Labute approximate surface area is 519 Å². The molecule has 0 aliphatic carbocycles. The third kappa shape index (κ3) is 16.1. The van der Waals surface area contributed by atoms with Crippen LogP contribution in [0.5, 0.6) is 0 Å². The fourth-order valence-electron chi connectivity index (χ4n) is 13.3. The number of benzene rings is 4. The maximum atomic E-state index is 8.19. The summed E-state index contributed by atoms with van der Waals surface area (Å²) in [5.74, 6) is 2.72. The van der Waals surface area contributed by atoms with Crippen LogP contribution >= 0.6 is 0 Å². The summed E-state index contributed by atoms with van der Waals surface area (Å²) in [6, 6.07) is 18.6. The number of nitrogens with two attached hydrogens (primary N) is 1. The average Bonchev–Trinajstić information content (AvgIpc) is 2.17. The number of fused-ring (bicyclic) bond motifs is 20. The Morgan fingerprint density at radius 1 is 0.282 bits per heavy atom. The Balaban J connectivity index is 0.00000465. The number of aryl methyl sites for hydroxylation is 7. The van der Waals surface area contributed by atoms with Gasteiger partial charge in [-0.25, -0.2) is 9.97 Å². The Hall–Kier alpha value is -5.58. The van der Waals surface area contributed by atoms with Crippen LogP contribution in [0.15, 0.2) is 48.5 Å². The molecule has 0 saturated heterocycles. The topological polar surface area (TPSA) is 149 Å². The van der Waals surface area contributed by atoms with Crippen LogP contribution in [0.3, 0.4) is 0 Å². The van der Waals surface area contributed by atoms with Crippen LogP contribution in [0, 0.1) is 0 Å². The molecular formula is C74H101N9OV. The molecule has 0 amide bonds. The van der Waals surface area contributed by atoms with E-state index in [4.69, 9.17) is 49.3 Å². The molecule has 11 heteroatoms. The van der Waals surface area contributed by atoms with Crippen molar-refractivity contribution in [2.24, 2.45) is 0 Å². The number of hydrogen-bond donors (Lipinski definition) is 1. The predicted octanol–water partition coefficient (Wildman–Crippen LogP) is 20.4. The first-order valence-corrected chi connectivity index (χ1v) is 34.7. The maximum absolute atomic E-state index is 8.19. The molecule has 0 radical (unpaired) electrons. The van der Waals surface area contributed by atoms with E-state index in [2.05, 4.69) is 97.0 Å². The second kappa shape index (κ2) is 34.1. The number of nitrogen functional groups attached to an aromatic ring is 1. The van der Waals surface area contributed by atoms with Crippen molar-refractivity contribution in [2.45, 2.75) is 273 Å². The van der Waals surface area contributed by atoms with Crippen LogP contribution < -0.4 is 15.7 Å². The Bertz CT molecular complexity index is 3430. The number of nitrogens with zero attached hydrogens (tertiary/aromatic N) is 8. The van der Waals surface area contributed by atoms with E-state index in [0.29, 0.717) is 51.6 Å². The Morgan fingerprint density at radius 2 is 0.494 bits per heavy atom. The van der Waals surface area contributed by atoms with Gasteiger partial charge in [0.15, 0.2) is 0 Å². The van der Waals surface area contributed by atoms with Gasteiger partial charge in [0.05, 0.1) is 23.3 Å². The molecule has 2 aliphatic rings. The van der Waals surface area contributed by atoms with Crippen molar-refractivity contribution < 1.29 is 21.0 Å². The third-order valence-electron chi connectivity index (χ3n) is 18.0. The second-order valence-electron chi connectivity index (χ2n) is 24.6. The number of aromatic nitrogens is 8. The summed E-state index contributed by atoms with van der Waals surface area (Å²) in [4.78, 5) is 45.9. The van der Waals surface area contributed by atoms with Gasteiger partial charge in [-0.1, -0.05) is 226 Å². The fraction of sp³-hybridized carbons (Fsp3) is 0.568. The van der Waals surface area contributed by atoms with Gasteiger partial charge in [-0.3, -0.25) is 0 Å². The molecule has 9 rings (SSSR count). The van der Waals surface area contributed by atoms with Gasteiger partial charge < -0.3 is 35.6 Å². The van der Waals surface area contributed by atoms with Crippen molar-refractivity contribution in [3.63, 3.8) is 0 Å². The van der Waals surface area contributed by atoms with Gasteiger partial charge >= 0.3 is 21.0 Å². The normalized spacial score (nSPS) is 11.9. The zero-order valence-corrected chi connectivity index (χ0v) is 54.8. The minimum absolute atomic E-state index is 0.563. The second-order valence-corrected chi connectivity index (χ2v) is 24.6. The minimum atomic E-state index is 0.563. The summed E-state index contributed by atoms with van der Waals surface area (Å²) in [6.45, 7) is 16.1. The first-order chi connectivity index (χ1) is 41.8. The monoisotopic (exact) mass is 1180 g/mol. The molecule has 3 aromatic heterocycles. The van der Waals surface area contributed by atoms with Gasteiger partial charge in [0, 0.05) is 61.3 Å². The molecule has 0 atom stereocenters. The summed E-state index contributed by atoms with van der Waals surface area (Å²) in [5.41, 5.74) is 23.8. The molecule has 4 aromatic carbocycles. The number of rotatable bonds is 35. The molecule has 0 saturated carbocycles. The molecule has 85 heavy (non-hydrogen) atoms.